The Morgan fingerprint density at radius 2 is 2.00 bits per heavy atom. The van der Waals surface area contributed by atoms with Crippen LogP contribution in [-0.4, -0.2) is 66.8 Å². The average Bonchev–Trinajstić information content (AvgIpc) is 3.28. The standard InChI is InChI=1S/C18H32N4O2/c1-14(2)22-12-17(10-20-22)15(3)19-11-18(16-4-7-24-13-16)21-5-8-23-9-6-21/h10,12,14-16,18-19H,4-9,11,13H2,1-3H3/t15-,16-,18-/m0/s1. The van der Waals surface area contributed by atoms with Gasteiger partial charge in [-0.2, -0.15) is 5.10 Å². The smallest absolute Gasteiger partial charge is 0.0594 e. The van der Waals surface area contributed by atoms with Crippen molar-refractivity contribution in [3.63, 3.8) is 0 Å². The lowest BCUT2D eigenvalue weighted by molar-refractivity contribution is 0.000912. The summed E-state index contributed by atoms with van der Waals surface area (Å²) in [5, 5.41) is 8.19. The molecule has 0 aromatic carbocycles. The Balaban J connectivity index is 1.59. The van der Waals surface area contributed by atoms with E-state index < -0.39 is 0 Å². The Hall–Kier alpha value is -0.950. The predicted molar refractivity (Wildman–Crippen MR) is 94.1 cm³/mol. The first kappa shape index (κ1) is 17.9. The minimum atomic E-state index is 0.309. The maximum atomic E-state index is 5.65. The van der Waals surface area contributed by atoms with Gasteiger partial charge in [0.15, 0.2) is 0 Å². The summed E-state index contributed by atoms with van der Waals surface area (Å²) in [5.74, 6) is 0.626. The van der Waals surface area contributed by atoms with Crippen molar-refractivity contribution < 1.29 is 9.47 Å². The molecule has 6 heteroatoms. The molecule has 2 aliphatic heterocycles. The topological polar surface area (TPSA) is 51.5 Å². The minimum absolute atomic E-state index is 0.309. The second-order valence-corrected chi connectivity index (χ2v) is 7.32. The van der Waals surface area contributed by atoms with Gasteiger partial charge in [-0.25, -0.2) is 0 Å². The number of nitrogens with zero attached hydrogens (tertiary/aromatic N) is 3. The molecule has 2 aliphatic rings. The van der Waals surface area contributed by atoms with E-state index in [0.29, 0.717) is 24.0 Å². The van der Waals surface area contributed by atoms with Gasteiger partial charge in [0, 0.05) is 62.0 Å². The number of aromatic nitrogens is 2. The monoisotopic (exact) mass is 336 g/mol. The second-order valence-electron chi connectivity index (χ2n) is 7.32. The van der Waals surface area contributed by atoms with E-state index >= 15 is 0 Å². The lowest BCUT2D eigenvalue weighted by atomic mass is 9.96. The summed E-state index contributed by atoms with van der Waals surface area (Å²) in [7, 11) is 0. The first-order chi connectivity index (χ1) is 11.6. The van der Waals surface area contributed by atoms with Crippen LogP contribution in [0.5, 0.6) is 0 Å². The average molecular weight is 336 g/mol. The zero-order valence-electron chi connectivity index (χ0n) is 15.3. The first-order valence-corrected chi connectivity index (χ1v) is 9.32. The number of hydrogen-bond donors (Lipinski definition) is 1. The summed E-state index contributed by atoms with van der Waals surface area (Å²) >= 11 is 0. The minimum Gasteiger partial charge on any atom is -0.381 e. The third kappa shape index (κ3) is 4.36. The molecule has 6 nitrogen and oxygen atoms in total. The van der Waals surface area contributed by atoms with Crippen molar-refractivity contribution in [3.8, 4) is 0 Å². The summed E-state index contributed by atoms with van der Waals surface area (Å²) in [5.41, 5.74) is 1.26. The van der Waals surface area contributed by atoms with E-state index in [4.69, 9.17) is 9.47 Å². The molecule has 136 valence electrons. The molecule has 0 spiro atoms. The lowest BCUT2D eigenvalue weighted by Gasteiger charge is -2.38. The van der Waals surface area contributed by atoms with Gasteiger partial charge in [-0.3, -0.25) is 9.58 Å². The van der Waals surface area contributed by atoms with Crippen LogP contribution in [0.15, 0.2) is 12.4 Å². The molecule has 3 rings (SSSR count). The Morgan fingerprint density at radius 1 is 1.21 bits per heavy atom. The van der Waals surface area contributed by atoms with E-state index in [1.807, 2.05) is 10.9 Å². The second kappa shape index (κ2) is 8.43. The van der Waals surface area contributed by atoms with Gasteiger partial charge in [-0.1, -0.05) is 0 Å². The van der Waals surface area contributed by atoms with Crippen LogP contribution in [0.2, 0.25) is 0 Å². The van der Waals surface area contributed by atoms with Crippen LogP contribution in [0.3, 0.4) is 0 Å². The summed E-state index contributed by atoms with van der Waals surface area (Å²) in [6.45, 7) is 13.1. The third-order valence-electron chi connectivity index (χ3n) is 5.31. The normalized spacial score (nSPS) is 25.2. The molecule has 1 aromatic heterocycles. The van der Waals surface area contributed by atoms with Gasteiger partial charge in [0.25, 0.3) is 0 Å². The fraction of sp³-hybridized carbons (Fsp3) is 0.833. The number of nitrogens with one attached hydrogen (secondary N) is 1. The largest absolute Gasteiger partial charge is 0.381 e. The molecule has 2 fully saturated rings. The van der Waals surface area contributed by atoms with Crippen molar-refractivity contribution in [2.45, 2.75) is 45.3 Å². The molecule has 0 aliphatic carbocycles. The molecule has 0 bridgehead atoms. The molecule has 0 amide bonds. The van der Waals surface area contributed by atoms with Crippen molar-refractivity contribution in [2.75, 3.05) is 46.1 Å². The predicted octanol–water partition coefficient (Wildman–Crippen LogP) is 1.85. The van der Waals surface area contributed by atoms with E-state index in [1.54, 1.807) is 0 Å². The molecule has 24 heavy (non-hydrogen) atoms. The number of ether oxygens (including phenoxy) is 2. The molecular formula is C18H32N4O2. The molecule has 1 aromatic rings. The summed E-state index contributed by atoms with van der Waals surface area (Å²) in [4.78, 5) is 2.58. The van der Waals surface area contributed by atoms with Crippen LogP contribution in [0.25, 0.3) is 0 Å². The van der Waals surface area contributed by atoms with Crippen LogP contribution in [-0.2, 0) is 9.47 Å². The molecule has 3 heterocycles. The first-order valence-electron chi connectivity index (χ1n) is 9.32. The van der Waals surface area contributed by atoms with Gasteiger partial charge in [0.05, 0.1) is 26.0 Å². The summed E-state index contributed by atoms with van der Waals surface area (Å²) in [6, 6.07) is 1.24. The van der Waals surface area contributed by atoms with Crippen molar-refractivity contribution in [1.29, 1.82) is 0 Å². The Bertz CT molecular complexity index is 493. The van der Waals surface area contributed by atoms with Crippen LogP contribution >= 0.6 is 0 Å². The number of hydrogen-bond acceptors (Lipinski definition) is 5. The fourth-order valence-corrected chi connectivity index (χ4v) is 3.63. The van der Waals surface area contributed by atoms with Crippen LogP contribution in [0, 0.1) is 5.92 Å². The van der Waals surface area contributed by atoms with E-state index in [2.05, 4.69) is 42.3 Å². The van der Waals surface area contributed by atoms with Crippen molar-refractivity contribution in [3.05, 3.63) is 18.0 Å². The Kier molecular flexibility index (Phi) is 6.27. The van der Waals surface area contributed by atoms with E-state index in [-0.39, 0.29) is 0 Å². The fourth-order valence-electron chi connectivity index (χ4n) is 3.63. The maximum Gasteiger partial charge on any atom is 0.0594 e. The van der Waals surface area contributed by atoms with E-state index in [9.17, 15) is 0 Å². The maximum absolute atomic E-state index is 5.65. The van der Waals surface area contributed by atoms with E-state index in [0.717, 1.165) is 46.1 Å². The van der Waals surface area contributed by atoms with Gasteiger partial charge in [-0.05, 0) is 27.2 Å². The third-order valence-corrected chi connectivity index (χ3v) is 5.31. The highest BCUT2D eigenvalue weighted by Gasteiger charge is 2.31. The molecular weight excluding hydrogens is 304 g/mol. The molecule has 0 radical (unpaired) electrons. The summed E-state index contributed by atoms with van der Waals surface area (Å²) < 4.78 is 13.2. The van der Waals surface area contributed by atoms with Crippen LogP contribution < -0.4 is 5.32 Å². The van der Waals surface area contributed by atoms with Gasteiger partial charge >= 0.3 is 0 Å². The summed E-state index contributed by atoms with van der Waals surface area (Å²) in [6.07, 6.45) is 5.31. The molecule has 0 unspecified atom stereocenters. The SMILES string of the molecule is CC(C)n1cc([C@H](C)NC[C@@H]([C@H]2CCOC2)N2CCOCC2)cn1. The molecule has 3 atom stereocenters. The zero-order valence-corrected chi connectivity index (χ0v) is 15.3. The number of morpholine rings is 1. The van der Waals surface area contributed by atoms with Crippen LogP contribution in [0.1, 0.15) is 44.8 Å². The van der Waals surface area contributed by atoms with Crippen molar-refractivity contribution in [2.24, 2.45) is 5.92 Å². The van der Waals surface area contributed by atoms with Crippen molar-refractivity contribution in [1.82, 2.24) is 20.0 Å². The highest BCUT2D eigenvalue weighted by molar-refractivity contribution is 5.09. The highest BCUT2D eigenvalue weighted by atomic mass is 16.5. The van der Waals surface area contributed by atoms with Gasteiger partial charge in [0.1, 0.15) is 0 Å². The van der Waals surface area contributed by atoms with Crippen molar-refractivity contribution >= 4 is 0 Å². The quantitative estimate of drug-likeness (QED) is 0.823. The van der Waals surface area contributed by atoms with Gasteiger partial charge < -0.3 is 14.8 Å². The molecule has 1 N–H and O–H groups in total. The molecule has 0 saturated carbocycles. The lowest BCUT2D eigenvalue weighted by Crippen LogP contribution is -2.51. The Labute approximate surface area is 145 Å². The van der Waals surface area contributed by atoms with E-state index in [1.165, 1.54) is 12.0 Å². The van der Waals surface area contributed by atoms with Gasteiger partial charge in [0.2, 0.25) is 0 Å². The number of rotatable bonds is 7. The Morgan fingerprint density at radius 3 is 2.62 bits per heavy atom. The van der Waals surface area contributed by atoms with Crippen LogP contribution in [0.4, 0.5) is 0 Å². The highest BCUT2D eigenvalue weighted by Crippen LogP contribution is 2.23. The zero-order chi connectivity index (χ0) is 16.9. The van der Waals surface area contributed by atoms with Gasteiger partial charge in [-0.15, -0.1) is 0 Å². The molecule has 2 saturated heterocycles.